The highest BCUT2D eigenvalue weighted by atomic mass is 32.1. The van der Waals surface area contributed by atoms with Gasteiger partial charge in [0, 0.05) is 26.5 Å². The first-order valence-electron chi connectivity index (χ1n) is 10.2. The van der Waals surface area contributed by atoms with E-state index in [0.29, 0.717) is 0 Å². The molecule has 0 unspecified atom stereocenters. The van der Waals surface area contributed by atoms with Crippen LogP contribution in [0.2, 0.25) is 0 Å². The van der Waals surface area contributed by atoms with Gasteiger partial charge in [0.25, 0.3) is 0 Å². The third-order valence-corrected chi connectivity index (χ3v) is 7.35. The van der Waals surface area contributed by atoms with Crippen LogP contribution in [0.25, 0.3) is 58.4 Å². The minimum Gasteiger partial charge on any atom is -0.307 e. The molecule has 2 heteroatoms. The average Bonchev–Trinajstić information content (AvgIpc) is 3.33. The lowest BCUT2D eigenvalue weighted by molar-refractivity contribution is 1.20. The van der Waals surface area contributed by atoms with Crippen LogP contribution in [0.4, 0.5) is 0 Å². The highest BCUT2D eigenvalue weighted by Gasteiger charge is 2.19. The fourth-order valence-corrected chi connectivity index (χ4v) is 6.02. The van der Waals surface area contributed by atoms with Crippen molar-refractivity contribution in [2.24, 2.45) is 0 Å². The van der Waals surface area contributed by atoms with E-state index in [-0.39, 0.29) is 0 Å². The molecule has 0 fully saturated rings. The molecule has 0 aliphatic heterocycles. The molecule has 5 aromatic carbocycles. The van der Waals surface area contributed by atoms with Gasteiger partial charge < -0.3 is 4.57 Å². The summed E-state index contributed by atoms with van der Waals surface area (Å²) in [6, 6.07) is 37.5. The molecule has 1 nitrogen and oxygen atoms in total. The van der Waals surface area contributed by atoms with Crippen molar-refractivity contribution in [1.82, 2.24) is 4.57 Å². The third-order valence-electron chi connectivity index (χ3n) is 6.15. The molecule has 7 rings (SSSR count). The summed E-state index contributed by atoms with van der Waals surface area (Å²) in [6.07, 6.45) is 0. The van der Waals surface area contributed by atoms with E-state index in [1.54, 1.807) is 0 Å². The number of hydrogen-bond acceptors (Lipinski definition) is 1. The molecule has 0 saturated carbocycles. The third kappa shape index (κ3) is 2.11. The van der Waals surface area contributed by atoms with E-state index in [1.807, 2.05) is 11.3 Å². The van der Waals surface area contributed by atoms with Crippen molar-refractivity contribution in [3.63, 3.8) is 0 Å². The van der Waals surface area contributed by atoms with Gasteiger partial charge in [0.1, 0.15) is 0 Å². The predicted octanol–water partition coefficient (Wildman–Crippen LogP) is 8.30. The van der Waals surface area contributed by atoms with Gasteiger partial charge >= 0.3 is 0 Å². The van der Waals surface area contributed by atoms with Crippen LogP contribution in [-0.2, 0) is 0 Å². The Hall–Kier alpha value is -3.62. The molecule has 0 aliphatic carbocycles. The number of thiophene rings is 1. The van der Waals surface area contributed by atoms with Crippen molar-refractivity contribution in [2.75, 3.05) is 0 Å². The number of nitrogens with zero attached hydrogens (tertiary/aromatic N) is 1. The van der Waals surface area contributed by atoms with Gasteiger partial charge in [-0.05, 0) is 34.4 Å². The summed E-state index contributed by atoms with van der Waals surface area (Å²) < 4.78 is 5.19. The molecule has 30 heavy (non-hydrogen) atoms. The maximum atomic E-state index is 2.48. The number of benzene rings is 5. The summed E-state index contributed by atoms with van der Waals surface area (Å²) in [5.74, 6) is 0. The molecule has 0 amide bonds. The SMILES string of the molecule is c1ccc2cc(-n3c4c5ccccc5ccc4c4sc5ccccc5c43)ccc2c1. The Balaban J connectivity index is 1.75. The fraction of sp³-hybridized carbons (Fsp3) is 0. The van der Waals surface area contributed by atoms with E-state index in [0.717, 1.165) is 0 Å². The van der Waals surface area contributed by atoms with Gasteiger partial charge in [0.15, 0.2) is 0 Å². The molecule has 0 aliphatic rings. The summed E-state index contributed by atoms with van der Waals surface area (Å²) in [7, 11) is 0. The molecule has 140 valence electrons. The molecule has 0 spiro atoms. The fourth-order valence-electron chi connectivity index (χ4n) is 4.80. The van der Waals surface area contributed by atoms with E-state index in [2.05, 4.69) is 108 Å². The quantitative estimate of drug-likeness (QED) is 0.262. The minimum atomic E-state index is 1.22. The van der Waals surface area contributed by atoms with E-state index in [9.17, 15) is 0 Å². The second-order valence-corrected chi connectivity index (χ2v) is 8.88. The van der Waals surface area contributed by atoms with E-state index in [4.69, 9.17) is 0 Å². The van der Waals surface area contributed by atoms with Crippen molar-refractivity contribution in [1.29, 1.82) is 0 Å². The van der Waals surface area contributed by atoms with Crippen LogP contribution in [0.1, 0.15) is 0 Å². The first-order valence-corrected chi connectivity index (χ1v) is 11.0. The van der Waals surface area contributed by atoms with Gasteiger partial charge in [-0.15, -0.1) is 11.3 Å². The van der Waals surface area contributed by atoms with Crippen LogP contribution in [0.3, 0.4) is 0 Å². The molecule has 0 radical (unpaired) electrons. The van der Waals surface area contributed by atoms with Crippen molar-refractivity contribution < 1.29 is 0 Å². The van der Waals surface area contributed by atoms with Gasteiger partial charge in [-0.25, -0.2) is 0 Å². The van der Waals surface area contributed by atoms with Crippen molar-refractivity contribution in [3.8, 4) is 5.69 Å². The molecule has 0 saturated heterocycles. The smallest absolute Gasteiger partial charge is 0.0727 e. The molecule has 2 heterocycles. The molecular weight excluding hydrogens is 382 g/mol. The second kappa shape index (κ2) is 5.94. The van der Waals surface area contributed by atoms with Crippen LogP contribution in [0.15, 0.2) is 103 Å². The molecule has 2 aromatic heterocycles. The largest absolute Gasteiger partial charge is 0.307 e. The van der Waals surface area contributed by atoms with Gasteiger partial charge in [-0.3, -0.25) is 0 Å². The number of hydrogen-bond donors (Lipinski definition) is 0. The Morgan fingerprint density at radius 2 is 1.20 bits per heavy atom. The maximum absolute atomic E-state index is 2.48. The summed E-state index contributed by atoms with van der Waals surface area (Å²) in [5.41, 5.74) is 3.83. The van der Waals surface area contributed by atoms with E-state index >= 15 is 0 Å². The Morgan fingerprint density at radius 1 is 0.500 bits per heavy atom. The van der Waals surface area contributed by atoms with E-state index < -0.39 is 0 Å². The van der Waals surface area contributed by atoms with Gasteiger partial charge in [0.05, 0.1) is 15.7 Å². The molecule has 7 aromatic rings. The Kier molecular flexibility index (Phi) is 3.21. The standard InChI is InChI=1S/C28H17NS/c1-2-9-20-17-21(15-13-18(20)7-1)29-26-22-10-4-3-8-19(22)14-16-24(26)28-27(29)23-11-5-6-12-25(23)30-28/h1-17H. The molecule has 0 bridgehead atoms. The van der Waals surface area contributed by atoms with Crippen molar-refractivity contribution >= 4 is 64.1 Å². The summed E-state index contributed by atoms with van der Waals surface area (Å²) in [6.45, 7) is 0. The summed E-state index contributed by atoms with van der Waals surface area (Å²) >= 11 is 1.90. The lowest BCUT2D eigenvalue weighted by atomic mass is 10.1. The van der Waals surface area contributed by atoms with Crippen molar-refractivity contribution in [3.05, 3.63) is 103 Å². The zero-order chi connectivity index (χ0) is 19.7. The summed E-state index contributed by atoms with van der Waals surface area (Å²) in [5, 5.41) is 7.78. The van der Waals surface area contributed by atoms with Crippen LogP contribution in [0, 0.1) is 0 Å². The van der Waals surface area contributed by atoms with Crippen LogP contribution in [-0.4, -0.2) is 4.57 Å². The van der Waals surface area contributed by atoms with Gasteiger partial charge in [-0.2, -0.15) is 0 Å². The number of aromatic nitrogens is 1. The van der Waals surface area contributed by atoms with Crippen LogP contribution >= 0.6 is 11.3 Å². The van der Waals surface area contributed by atoms with Crippen molar-refractivity contribution in [2.45, 2.75) is 0 Å². The maximum Gasteiger partial charge on any atom is 0.0727 e. The topological polar surface area (TPSA) is 4.93 Å². The van der Waals surface area contributed by atoms with Crippen LogP contribution in [0.5, 0.6) is 0 Å². The predicted molar refractivity (Wildman–Crippen MR) is 131 cm³/mol. The monoisotopic (exact) mass is 399 g/mol. The van der Waals surface area contributed by atoms with Gasteiger partial charge in [0.2, 0.25) is 0 Å². The first kappa shape index (κ1) is 16.2. The minimum absolute atomic E-state index is 1.22. The zero-order valence-electron chi connectivity index (χ0n) is 16.2. The Labute approximate surface area is 177 Å². The first-order chi connectivity index (χ1) is 14.9. The zero-order valence-corrected chi connectivity index (χ0v) is 17.0. The summed E-state index contributed by atoms with van der Waals surface area (Å²) in [4.78, 5) is 0. The van der Waals surface area contributed by atoms with E-state index in [1.165, 1.54) is 58.4 Å². The number of rotatable bonds is 1. The highest BCUT2D eigenvalue weighted by Crippen LogP contribution is 2.44. The molecular formula is C28H17NS. The Morgan fingerprint density at radius 3 is 2.10 bits per heavy atom. The Bertz CT molecular complexity index is 1740. The lowest BCUT2D eigenvalue weighted by Gasteiger charge is -2.11. The second-order valence-electron chi connectivity index (χ2n) is 7.83. The molecule has 0 atom stereocenters. The highest BCUT2D eigenvalue weighted by molar-refractivity contribution is 7.26. The lowest BCUT2D eigenvalue weighted by Crippen LogP contribution is -1.94. The average molecular weight is 400 g/mol. The van der Waals surface area contributed by atoms with Crippen LogP contribution < -0.4 is 0 Å². The van der Waals surface area contributed by atoms with Gasteiger partial charge in [-0.1, -0.05) is 84.9 Å². The molecule has 0 N–H and O–H groups in total. The number of fused-ring (bicyclic) bond motifs is 8. The normalized spacial score (nSPS) is 12.0.